The highest BCUT2D eigenvalue weighted by atomic mass is 16.4. The Labute approximate surface area is 113 Å². The molecule has 0 spiro atoms. The van der Waals surface area contributed by atoms with Crippen molar-refractivity contribution in [1.29, 1.82) is 0 Å². The Bertz CT molecular complexity index is 482. The Balaban J connectivity index is 1.93. The molecule has 0 amide bonds. The molecule has 5 N–H and O–H groups in total. The van der Waals surface area contributed by atoms with Crippen LogP contribution in [0.15, 0.2) is 23.4 Å². The average molecular weight is 263 g/mol. The van der Waals surface area contributed by atoms with Gasteiger partial charge in [-0.15, -0.1) is 0 Å². The number of aliphatic hydroxyl groups is 1. The van der Waals surface area contributed by atoms with Crippen molar-refractivity contribution in [2.75, 3.05) is 6.54 Å². The summed E-state index contributed by atoms with van der Waals surface area (Å²) in [7, 11) is 0. The second-order valence-corrected chi connectivity index (χ2v) is 5.31. The molecule has 0 atom stereocenters. The summed E-state index contributed by atoms with van der Waals surface area (Å²) >= 11 is 0. The first-order valence-corrected chi connectivity index (χ1v) is 6.55. The lowest BCUT2D eigenvalue weighted by atomic mass is 9.80. The van der Waals surface area contributed by atoms with Gasteiger partial charge in [-0.2, -0.15) is 0 Å². The van der Waals surface area contributed by atoms with Gasteiger partial charge in [-0.3, -0.25) is 0 Å². The number of rotatable bonds is 5. The standard InChI is InChI=1S/C14H21N3O2/c1-10-7-11(13(15)17-19)3-4-12(10)8-16-9-14(18)5-2-6-14/h3-4,7,16,18-19H,2,5-6,8-9H2,1H3,(H2,15,17). The van der Waals surface area contributed by atoms with Gasteiger partial charge in [0.1, 0.15) is 0 Å². The average Bonchev–Trinajstić information content (AvgIpc) is 2.37. The van der Waals surface area contributed by atoms with Gasteiger partial charge in [0.25, 0.3) is 0 Å². The molecule has 1 aromatic carbocycles. The first-order valence-electron chi connectivity index (χ1n) is 6.55. The summed E-state index contributed by atoms with van der Waals surface area (Å²) in [6.07, 6.45) is 2.90. The number of benzene rings is 1. The van der Waals surface area contributed by atoms with E-state index in [2.05, 4.69) is 10.5 Å². The van der Waals surface area contributed by atoms with E-state index in [-0.39, 0.29) is 5.84 Å². The van der Waals surface area contributed by atoms with E-state index in [1.165, 1.54) is 0 Å². The lowest BCUT2D eigenvalue weighted by Crippen LogP contribution is -2.46. The fourth-order valence-corrected chi connectivity index (χ4v) is 2.30. The summed E-state index contributed by atoms with van der Waals surface area (Å²) in [5.41, 5.74) is 7.99. The van der Waals surface area contributed by atoms with E-state index in [1.807, 2.05) is 25.1 Å². The minimum atomic E-state index is -0.498. The monoisotopic (exact) mass is 263 g/mol. The predicted octanol–water partition coefficient (Wildman–Crippen LogP) is 1.09. The summed E-state index contributed by atoms with van der Waals surface area (Å²) in [6, 6.07) is 5.68. The highest BCUT2D eigenvalue weighted by Gasteiger charge is 2.33. The van der Waals surface area contributed by atoms with E-state index >= 15 is 0 Å². The maximum Gasteiger partial charge on any atom is 0.170 e. The van der Waals surface area contributed by atoms with Crippen LogP contribution in [0, 0.1) is 6.92 Å². The van der Waals surface area contributed by atoms with Crippen LogP contribution in [0.4, 0.5) is 0 Å². The van der Waals surface area contributed by atoms with Crippen molar-refractivity contribution in [2.45, 2.75) is 38.3 Å². The quantitative estimate of drug-likeness (QED) is 0.277. The van der Waals surface area contributed by atoms with Crippen LogP contribution in [-0.2, 0) is 6.54 Å². The number of amidine groups is 1. The van der Waals surface area contributed by atoms with E-state index in [4.69, 9.17) is 10.9 Å². The molecule has 0 radical (unpaired) electrons. The minimum Gasteiger partial charge on any atom is -0.409 e. The SMILES string of the molecule is Cc1cc(/C(N)=N/O)ccc1CNCC1(O)CCC1. The molecule has 5 nitrogen and oxygen atoms in total. The minimum absolute atomic E-state index is 0.117. The van der Waals surface area contributed by atoms with Gasteiger partial charge in [-0.1, -0.05) is 17.3 Å². The summed E-state index contributed by atoms with van der Waals surface area (Å²) in [6.45, 7) is 3.34. The lowest BCUT2D eigenvalue weighted by Gasteiger charge is -2.36. The van der Waals surface area contributed by atoms with Crippen molar-refractivity contribution in [3.8, 4) is 0 Å². The molecule has 19 heavy (non-hydrogen) atoms. The third-order valence-electron chi connectivity index (χ3n) is 3.80. The van der Waals surface area contributed by atoms with Crippen LogP contribution < -0.4 is 11.1 Å². The number of nitrogens with zero attached hydrogens (tertiary/aromatic N) is 1. The van der Waals surface area contributed by atoms with Gasteiger partial charge in [0.2, 0.25) is 0 Å². The number of aryl methyl sites for hydroxylation is 1. The molecule has 1 aromatic rings. The van der Waals surface area contributed by atoms with Gasteiger partial charge in [-0.05, 0) is 43.4 Å². The second kappa shape index (κ2) is 5.59. The molecule has 1 saturated carbocycles. The highest BCUT2D eigenvalue weighted by Crippen LogP contribution is 2.30. The van der Waals surface area contributed by atoms with E-state index < -0.39 is 5.60 Å². The first kappa shape index (κ1) is 13.8. The van der Waals surface area contributed by atoms with Crippen molar-refractivity contribution in [2.24, 2.45) is 10.9 Å². The number of hydrogen-bond acceptors (Lipinski definition) is 4. The zero-order valence-electron chi connectivity index (χ0n) is 11.2. The van der Waals surface area contributed by atoms with Crippen LogP contribution in [-0.4, -0.2) is 28.3 Å². The summed E-state index contributed by atoms with van der Waals surface area (Å²) in [5.74, 6) is 0.117. The van der Waals surface area contributed by atoms with Crippen molar-refractivity contribution in [3.05, 3.63) is 34.9 Å². The van der Waals surface area contributed by atoms with Gasteiger partial charge in [0, 0.05) is 18.7 Å². The Morgan fingerprint density at radius 1 is 1.47 bits per heavy atom. The third-order valence-corrected chi connectivity index (χ3v) is 3.80. The topological polar surface area (TPSA) is 90.9 Å². The van der Waals surface area contributed by atoms with Gasteiger partial charge < -0.3 is 21.4 Å². The fourth-order valence-electron chi connectivity index (χ4n) is 2.30. The molecule has 1 aliphatic carbocycles. The lowest BCUT2D eigenvalue weighted by molar-refractivity contribution is -0.0314. The molecule has 104 valence electrons. The van der Waals surface area contributed by atoms with Crippen LogP contribution in [0.5, 0.6) is 0 Å². The fraction of sp³-hybridized carbons (Fsp3) is 0.500. The van der Waals surface area contributed by atoms with Crippen molar-refractivity contribution >= 4 is 5.84 Å². The number of nitrogens with two attached hydrogens (primary N) is 1. The van der Waals surface area contributed by atoms with E-state index in [0.29, 0.717) is 18.7 Å². The molecule has 1 fully saturated rings. The van der Waals surface area contributed by atoms with Crippen LogP contribution in [0.3, 0.4) is 0 Å². The summed E-state index contributed by atoms with van der Waals surface area (Å²) < 4.78 is 0. The Morgan fingerprint density at radius 3 is 2.74 bits per heavy atom. The number of nitrogens with one attached hydrogen (secondary N) is 1. The first-order chi connectivity index (χ1) is 9.04. The van der Waals surface area contributed by atoms with Gasteiger partial charge in [-0.25, -0.2) is 0 Å². The molecule has 0 unspecified atom stereocenters. The Kier molecular flexibility index (Phi) is 4.07. The molecule has 1 aliphatic rings. The molecule has 0 saturated heterocycles. The number of oxime groups is 1. The van der Waals surface area contributed by atoms with Gasteiger partial charge >= 0.3 is 0 Å². The maximum atomic E-state index is 9.98. The molecule has 2 rings (SSSR count). The third kappa shape index (κ3) is 3.24. The molecular formula is C14H21N3O2. The van der Waals surface area contributed by atoms with Crippen molar-refractivity contribution in [1.82, 2.24) is 5.32 Å². The van der Waals surface area contributed by atoms with Gasteiger partial charge in [0.05, 0.1) is 5.60 Å². The van der Waals surface area contributed by atoms with E-state index in [0.717, 1.165) is 30.4 Å². The Morgan fingerprint density at radius 2 is 2.21 bits per heavy atom. The largest absolute Gasteiger partial charge is 0.409 e. The van der Waals surface area contributed by atoms with Crippen molar-refractivity contribution < 1.29 is 10.3 Å². The van der Waals surface area contributed by atoms with Gasteiger partial charge in [0.15, 0.2) is 5.84 Å². The Hall–Kier alpha value is -1.59. The van der Waals surface area contributed by atoms with E-state index in [1.54, 1.807) is 0 Å². The molecule has 0 bridgehead atoms. The zero-order chi connectivity index (χ0) is 13.9. The van der Waals surface area contributed by atoms with Crippen LogP contribution in [0.1, 0.15) is 36.0 Å². The molecule has 0 aromatic heterocycles. The second-order valence-electron chi connectivity index (χ2n) is 5.31. The molecule has 5 heteroatoms. The molecule has 0 aliphatic heterocycles. The van der Waals surface area contributed by atoms with Crippen molar-refractivity contribution in [3.63, 3.8) is 0 Å². The van der Waals surface area contributed by atoms with Crippen LogP contribution >= 0.6 is 0 Å². The summed E-state index contributed by atoms with van der Waals surface area (Å²) in [5, 5.41) is 24.9. The maximum absolute atomic E-state index is 9.98. The zero-order valence-corrected chi connectivity index (χ0v) is 11.2. The smallest absolute Gasteiger partial charge is 0.170 e. The van der Waals surface area contributed by atoms with Crippen LogP contribution in [0.2, 0.25) is 0 Å². The molecule has 0 heterocycles. The predicted molar refractivity (Wildman–Crippen MR) is 74.2 cm³/mol. The molecular weight excluding hydrogens is 242 g/mol. The number of hydrogen-bond donors (Lipinski definition) is 4. The normalized spacial score (nSPS) is 18.1. The summed E-state index contributed by atoms with van der Waals surface area (Å²) in [4.78, 5) is 0. The van der Waals surface area contributed by atoms with E-state index in [9.17, 15) is 5.11 Å². The highest BCUT2D eigenvalue weighted by molar-refractivity contribution is 5.97. The van der Waals surface area contributed by atoms with Crippen LogP contribution in [0.25, 0.3) is 0 Å².